The van der Waals surface area contributed by atoms with Gasteiger partial charge in [-0.2, -0.15) is 0 Å². The van der Waals surface area contributed by atoms with Crippen molar-refractivity contribution >= 4 is 0 Å². The smallest absolute Gasteiger partial charge is 0.107 e. The zero-order valence-electron chi connectivity index (χ0n) is 6.47. The summed E-state index contributed by atoms with van der Waals surface area (Å²) >= 11 is 0. The molecule has 0 aromatic rings. The molecule has 4 nitrogen and oxygen atoms in total. The van der Waals surface area contributed by atoms with Crippen molar-refractivity contribution in [1.29, 1.82) is 0 Å². The largest absolute Gasteiger partial charge is 0.394 e. The Labute approximate surface area is 65.4 Å². The lowest BCUT2D eigenvalue weighted by Gasteiger charge is -2.34. The lowest BCUT2D eigenvalue weighted by atomic mass is 10.00. The third-order valence-electron chi connectivity index (χ3n) is 2.02. The predicted molar refractivity (Wildman–Crippen MR) is 38.1 cm³/mol. The van der Waals surface area contributed by atoms with Crippen molar-refractivity contribution in [3.05, 3.63) is 0 Å². The van der Waals surface area contributed by atoms with E-state index in [9.17, 15) is 10.2 Å². The highest BCUT2D eigenvalue weighted by Crippen LogP contribution is 2.19. The average Bonchev–Trinajstić information content (AvgIpc) is 1.97. The van der Waals surface area contributed by atoms with Crippen molar-refractivity contribution in [3.63, 3.8) is 0 Å². The molecule has 0 aromatic heterocycles. The molecule has 1 aliphatic heterocycles. The zero-order chi connectivity index (χ0) is 8.43. The van der Waals surface area contributed by atoms with Crippen molar-refractivity contribution in [3.8, 4) is 0 Å². The molecule has 0 radical (unpaired) electrons. The van der Waals surface area contributed by atoms with Crippen LogP contribution in [0.15, 0.2) is 0 Å². The number of rotatable bonds is 1. The van der Waals surface area contributed by atoms with E-state index in [0.717, 1.165) is 0 Å². The Hall–Kier alpha value is -0.160. The van der Waals surface area contributed by atoms with Crippen LogP contribution in [0.2, 0.25) is 0 Å². The standard InChI is InChI=1S/C7H14O4/c1-4-5(9)2-6(10)7(3-8)11-4/h4-10H,2-3H2,1H3/t4-,5?,6-,7?/m0/s1. The van der Waals surface area contributed by atoms with Crippen LogP contribution in [0, 0.1) is 0 Å². The Bertz CT molecular complexity index is 128. The SMILES string of the molecule is C[C@@H]1OC(CO)[C@@H](O)CC1O. The van der Waals surface area contributed by atoms with Crippen molar-refractivity contribution in [2.75, 3.05) is 6.61 Å². The van der Waals surface area contributed by atoms with Crippen LogP contribution < -0.4 is 0 Å². The molecular formula is C7H14O4. The van der Waals surface area contributed by atoms with Gasteiger partial charge in [-0.15, -0.1) is 0 Å². The van der Waals surface area contributed by atoms with E-state index >= 15 is 0 Å². The maximum absolute atomic E-state index is 9.21. The fourth-order valence-corrected chi connectivity index (χ4v) is 1.21. The first-order chi connectivity index (χ1) is 5.15. The van der Waals surface area contributed by atoms with E-state index < -0.39 is 18.3 Å². The van der Waals surface area contributed by atoms with Crippen molar-refractivity contribution in [1.82, 2.24) is 0 Å². The quantitative estimate of drug-likeness (QED) is 0.456. The fraction of sp³-hybridized carbons (Fsp3) is 1.00. The highest BCUT2D eigenvalue weighted by atomic mass is 16.5. The third kappa shape index (κ3) is 1.90. The number of aliphatic hydroxyl groups excluding tert-OH is 3. The van der Waals surface area contributed by atoms with Gasteiger partial charge in [0.15, 0.2) is 0 Å². The van der Waals surface area contributed by atoms with Crippen LogP contribution in [0.4, 0.5) is 0 Å². The fourth-order valence-electron chi connectivity index (χ4n) is 1.21. The molecule has 0 amide bonds. The zero-order valence-corrected chi connectivity index (χ0v) is 6.47. The average molecular weight is 162 g/mol. The summed E-state index contributed by atoms with van der Waals surface area (Å²) < 4.78 is 5.11. The van der Waals surface area contributed by atoms with Gasteiger partial charge in [0.25, 0.3) is 0 Å². The highest BCUT2D eigenvalue weighted by Gasteiger charge is 2.32. The van der Waals surface area contributed by atoms with Gasteiger partial charge >= 0.3 is 0 Å². The maximum atomic E-state index is 9.21. The van der Waals surface area contributed by atoms with Crippen molar-refractivity contribution in [2.24, 2.45) is 0 Å². The van der Waals surface area contributed by atoms with E-state index in [-0.39, 0.29) is 19.1 Å². The van der Waals surface area contributed by atoms with Gasteiger partial charge in [0.05, 0.1) is 24.9 Å². The van der Waals surface area contributed by atoms with E-state index in [1.165, 1.54) is 0 Å². The van der Waals surface area contributed by atoms with Gasteiger partial charge in [-0.1, -0.05) is 0 Å². The molecule has 0 bridgehead atoms. The second-order valence-corrected chi connectivity index (χ2v) is 2.93. The molecule has 1 saturated heterocycles. The minimum absolute atomic E-state index is 0.196. The van der Waals surface area contributed by atoms with Gasteiger partial charge in [0.1, 0.15) is 6.10 Å². The molecule has 1 heterocycles. The highest BCUT2D eigenvalue weighted by molar-refractivity contribution is 4.81. The summed E-state index contributed by atoms with van der Waals surface area (Å²) in [6.45, 7) is 1.53. The van der Waals surface area contributed by atoms with Crippen LogP contribution in [0.3, 0.4) is 0 Å². The molecule has 11 heavy (non-hydrogen) atoms. The molecule has 1 fully saturated rings. The lowest BCUT2D eigenvalue weighted by molar-refractivity contribution is -0.173. The summed E-state index contributed by atoms with van der Waals surface area (Å²) in [6, 6.07) is 0. The molecule has 4 heteroatoms. The van der Waals surface area contributed by atoms with Gasteiger partial charge in [0.2, 0.25) is 0 Å². The van der Waals surface area contributed by atoms with Gasteiger partial charge in [0, 0.05) is 6.42 Å². The molecule has 0 saturated carbocycles. The second-order valence-electron chi connectivity index (χ2n) is 2.93. The Morgan fingerprint density at radius 3 is 2.55 bits per heavy atom. The molecule has 3 N–H and O–H groups in total. The molecule has 1 aliphatic rings. The summed E-state index contributed by atoms with van der Waals surface area (Å²) in [7, 11) is 0. The Morgan fingerprint density at radius 1 is 1.36 bits per heavy atom. The molecule has 4 atom stereocenters. The van der Waals surface area contributed by atoms with E-state index in [4.69, 9.17) is 9.84 Å². The molecule has 0 aromatic carbocycles. The van der Waals surface area contributed by atoms with Gasteiger partial charge < -0.3 is 20.1 Å². The van der Waals surface area contributed by atoms with Crippen LogP contribution in [0.25, 0.3) is 0 Å². The van der Waals surface area contributed by atoms with Gasteiger partial charge in [-0.25, -0.2) is 0 Å². The Balaban J connectivity index is 2.48. The van der Waals surface area contributed by atoms with Crippen LogP contribution in [0.1, 0.15) is 13.3 Å². The minimum Gasteiger partial charge on any atom is -0.394 e. The summed E-state index contributed by atoms with van der Waals surface area (Å²) in [6.07, 6.45) is -1.91. The first-order valence-corrected chi connectivity index (χ1v) is 3.77. The Morgan fingerprint density at radius 2 is 2.00 bits per heavy atom. The summed E-state index contributed by atoms with van der Waals surface area (Å²) in [5, 5.41) is 27.1. The summed E-state index contributed by atoms with van der Waals surface area (Å²) in [5.41, 5.74) is 0. The van der Waals surface area contributed by atoms with E-state index in [1.807, 2.05) is 0 Å². The molecular weight excluding hydrogens is 148 g/mol. The van der Waals surface area contributed by atoms with Gasteiger partial charge in [-0.05, 0) is 6.92 Å². The normalized spacial score (nSPS) is 45.8. The molecule has 2 unspecified atom stereocenters. The van der Waals surface area contributed by atoms with Crippen molar-refractivity contribution < 1.29 is 20.1 Å². The predicted octanol–water partition coefficient (Wildman–Crippen LogP) is -1.12. The third-order valence-corrected chi connectivity index (χ3v) is 2.02. The minimum atomic E-state index is -0.744. The van der Waals surface area contributed by atoms with Gasteiger partial charge in [-0.3, -0.25) is 0 Å². The van der Waals surface area contributed by atoms with E-state index in [1.54, 1.807) is 6.92 Å². The number of aliphatic hydroxyl groups is 3. The van der Waals surface area contributed by atoms with E-state index in [0.29, 0.717) is 0 Å². The first-order valence-electron chi connectivity index (χ1n) is 3.77. The second kappa shape index (κ2) is 3.49. The Kier molecular flexibility index (Phi) is 2.84. The lowest BCUT2D eigenvalue weighted by Crippen LogP contribution is -2.47. The number of hydrogen-bond acceptors (Lipinski definition) is 4. The summed E-state index contributed by atoms with van der Waals surface area (Å²) in [5.74, 6) is 0. The topological polar surface area (TPSA) is 69.9 Å². The van der Waals surface area contributed by atoms with E-state index in [2.05, 4.69) is 0 Å². The maximum Gasteiger partial charge on any atom is 0.107 e. The molecule has 66 valence electrons. The van der Waals surface area contributed by atoms with Crippen LogP contribution in [-0.4, -0.2) is 46.3 Å². The summed E-state index contributed by atoms with van der Waals surface area (Å²) in [4.78, 5) is 0. The molecule has 0 spiro atoms. The first kappa shape index (κ1) is 8.93. The van der Waals surface area contributed by atoms with Crippen LogP contribution in [-0.2, 0) is 4.74 Å². The molecule has 1 rings (SSSR count). The van der Waals surface area contributed by atoms with Crippen LogP contribution in [0.5, 0.6) is 0 Å². The number of ether oxygens (including phenoxy) is 1. The van der Waals surface area contributed by atoms with Crippen molar-refractivity contribution in [2.45, 2.75) is 37.8 Å². The molecule has 0 aliphatic carbocycles. The van der Waals surface area contributed by atoms with Crippen LogP contribution >= 0.6 is 0 Å². The monoisotopic (exact) mass is 162 g/mol. The number of hydrogen-bond donors (Lipinski definition) is 3.